The van der Waals surface area contributed by atoms with E-state index >= 15 is 0 Å². The molecular weight excluding hydrogens is 364 g/mol. The van der Waals surface area contributed by atoms with Gasteiger partial charge in [-0.3, -0.25) is 9.52 Å². The summed E-state index contributed by atoms with van der Waals surface area (Å²) in [6.45, 7) is 6.26. The third kappa shape index (κ3) is 4.05. The maximum absolute atomic E-state index is 12.1. The van der Waals surface area contributed by atoms with Crippen molar-refractivity contribution >= 4 is 26.7 Å². The molecule has 0 saturated heterocycles. The van der Waals surface area contributed by atoms with Gasteiger partial charge in [0.15, 0.2) is 0 Å². The molecule has 0 bridgehead atoms. The standard InChI is InChI=1S/C19H24N4O3S/c1-4-6-7-23-12-21-18-16(22-27(25,26)5-2)9-14(10-17(18)23)15-8-13(3)19(24)20-11-15/h8-12,22H,4-7H2,1-3H3,(H,20,24). The number of aromatic nitrogens is 3. The quantitative estimate of drug-likeness (QED) is 0.649. The monoisotopic (exact) mass is 388 g/mol. The van der Waals surface area contributed by atoms with E-state index in [9.17, 15) is 13.2 Å². The van der Waals surface area contributed by atoms with Crippen LogP contribution in [0.3, 0.4) is 0 Å². The highest BCUT2D eigenvalue weighted by atomic mass is 32.2. The predicted octanol–water partition coefficient (Wildman–Crippen LogP) is 3.26. The van der Waals surface area contributed by atoms with Gasteiger partial charge < -0.3 is 9.55 Å². The first-order valence-corrected chi connectivity index (χ1v) is 10.7. The number of H-pyrrole nitrogens is 1. The van der Waals surface area contributed by atoms with Gasteiger partial charge in [0, 0.05) is 18.3 Å². The molecule has 2 heterocycles. The molecule has 0 amide bonds. The second kappa shape index (κ2) is 7.56. The fraction of sp³-hybridized carbons (Fsp3) is 0.368. The summed E-state index contributed by atoms with van der Waals surface area (Å²) in [4.78, 5) is 18.8. The Balaban J connectivity index is 2.20. The van der Waals surface area contributed by atoms with Gasteiger partial charge >= 0.3 is 0 Å². The minimum absolute atomic E-state index is 0.0208. The first kappa shape index (κ1) is 19.2. The first-order valence-electron chi connectivity index (χ1n) is 9.03. The maximum Gasteiger partial charge on any atom is 0.250 e. The molecule has 0 saturated carbocycles. The molecule has 7 nitrogen and oxygen atoms in total. The van der Waals surface area contributed by atoms with Crippen LogP contribution in [0.15, 0.2) is 35.5 Å². The highest BCUT2D eigenvalue weighted by Gasteiger charge is 2.15. The Morgan fingerprint density at radius 2 is 1.96 bits per heavy atom. The minimum Gasteiger partial charge on any atom is -0.331 e. The van der Waals surface area contributed by atoms with Crippen LogP contribution >= 0.6 is 0 Å². The highest BCUT2D eigenvalue weighted by Crippen LogP contribution is 2.31. The van der Waals surface area contributed by atoms with Crippen molar-refractivity contribution in [2.75, 3.05) is 10.5 Å². The summed E-state index contributed by atoms with van der Waals surface area (Å²) in [7, 11) is -3.44. The Hall–Kier alpha value is -2.61. The van der Waals surface area contributed by atoms with Crippen LogP contribution < -0.4 is 10.3 Å². The third-order valence-corrected chi connectivity index (χ3v) is 5.84. The smallest absolute Gasteiger partial charge is 0.250 e. The van der Waals surface area contributed by atoms with Gasteiger partial charge in [0.05, 0.1) is 23.3 Å². The lowest BCUT2D eigenvalue weighted by Crippen LogP contribution is -2.15. The fourth-order valence-electron chi connectivity index (χ4n) is 2.92. The number of hydrogen-bond donors (Lipinski definition) is 2. The van der Waals surface area contributed by atoms with Gasteiger partial charge in [-0.1, -0.05) is 13.3 Å². The number of unbranched alkanes of at least 4 members (excludes halogenated alkanes) is 1. The molecule has 8 heteroatoms. The van der Waals surface area contributed by atoms with Crippen LogP contribution in [-0.4, -0.2) is 28.7 Å². The van der Waals surface area contributed by atoms with E-state index in [1.165, 1.54) is 0 Å². The zero-order valence-corrected chi connectivity index (χ0v) is 16.6. The third-order valence-electron chi connectivity index (χ3n) is 4.55. The van der Waals surface area contributed by atoms with Crippen molar-refractivity contribution in [3.8, 4) is 11.1 Å². The van der Waals surface area contributed by atoms with Crippen LogP contribution in [0.5, 0.6) is 0 Å². The van der Waals surface area contributed by atoms with Crippen molar-refractivity contribution in [2.24, 2.45) is 0 Å². The van der Waals surface area contributed by atoms with E-state index in [0.29, 0.717) is 16.8 Å². The van der Waals surface area contributed by atoms with E-state index in [2.05, 4.69) is 21.6 Å². The Bertz CT molecular complexity index is 1130. The van der Waals surface area contributed by atoms with E-state index < -0.39 is 10.0 Å². The molecule has 0 unspecified atom stereocenters. The van der Waals surface area contributed by atoms with Gasteiger partial charge in [0.2, 0.25) is 10.0 Å². The number of aryl methyl sites for hydroxylation is 2. The number of benzene rings is 1. The molecule has 0 aliphatic heterocycles. The summed E-state index contributed by atoms with van der Waals surface area (Å²) in [5.74, 6) is -0.0208. The number of nitrogens with one attached hydrogen (secondary N) is 2. The van der Waals surface area contributed by atoms with Crippen LogP contribution in [0, 0.1) is 6.92 Å². The van der Waals surface area contributed by atoms with Crippen LogP contribution in [-0.2, 0) is 16.6 Å². The second-order valence-electron chi connectivity index (χ2n) is 6.59. The number of pyridine rings is 1. The number of nitrogens with zero attached hydrogens (tertiary/aromatic N) is 2. The van der Waals surface area contributed by atoms with Gasteiger partial charge in [0.1, 0.15) is 5.52 Å². The number of fused-ring (bicyclic) bond motifs is 1. The van der Waals surface area contributed by atoms with Crippen molar-refractivity contribution in [2.45, 2.75) is 40.2 Å². The topological polar surface area (TPSA) is 96.8 Å². The van der Waals surface area contributed by atoms with Gasteiger partial charge in [-0.15, -0.1) is 0 Å². The average molecular weight is 388 g/mol. The zero-order chi connectivity index (χ0) is 19.6. The average Bonchev–Trinajstić information content (AvgIpc) is 3.05. The molecule has 0 atom stereocenters. The number of anilines is 1. The highest BCUT2D eigenvalue weighted by molar-refractivity contribution is 7.92. The number of rotatable bonds is 7. The largest absolute Gasteiger partial charge is 0.331 e. The van der Waals surface area contributed by atoms with Crippen molar-refractivity contribution in [1.82, 2.24) is 14.5 Å². The van der Waals surface area contributed by atoms with E-state index in [1.807, 2.05) is 10.6 Å². The summed E-state index contributed by atoms with van der Waals surface area (Å²) in [5.41, 5.74) is 4.01. The summed E-state index contributed by atoms with van der Waals surface area (Å²) < 4.78 is 29.0. The Morgan fingerprint density at radius 3 is 2.63 bits per heavy atom. The van der Waals surface area contributed by atoms with Crippen molar-refractivity contribution in [3.63, 3.8) is 0 Å². The van der Waals surface area contributed by atoms with E-state index in [1.54, 1.807) is 38.5 Å². The molecule has 27 heavy (non-hydrogen) atoms. The Kier molecular flexibility index (Phi) is 5.36. The molecule has 0 fully saturated rings. The minimum atomic E-state index is -3.44. The molecule has 0 radical (unpaired) electrons. The number of aromatic amines is 1. The summed E-state index contributed by atoms with van der Waals surface area (Å²) >= 11 is 0. The Labute approximate surface area is 158 Å². The van der Waals surface area contributed by atoms with Gasteiger partial charge in [-0.25, -0.2) is 13.4 Å². The fourth-order valence-corrected chi connectivity index (χ4v) is 3.55. The molecular formula is C19H24N4O3S. The second-order valence-corrected chi connectivity index (χ2v) is 8.60. The molecule has 2 aromatic heterocycles. The lowest BCUT2D eigenvalue weighted by Gasteiger charge is -2.11. The Morgan fingerprint density at radius 1 is 1.19 bits per heavy atom. The number of sulfonamides is 1. The van der Waals surface area contributed by atoms with Gasteiger partial charge in [-0.2, -0.15) is 0 Å². The molecule has 0 aliphatic carbocycles. The van der Waals surface area contributed by atoms with Crippen molar-refractivity contribution in [1.29, 1.82) is 0 Å². The normalized spacial score (nSPS) is 11.8. The number of hydrogen-bond acceptors (Lipinski definition) is 4. The lowest BCUT2D eigenvalue weighted by molar-refractivity contribution is 0.602. The molecule has 3 aromatic rings. The maximum atomic E-state index is 12.1. The zero-order valence-electron chi connectivity index (χ0n) is 15.7. The molecule has 2 N–H and O–H groups in total. The van der Waals surface area contributed by atoms with Gasteiger partial charge in [0.25, 0.3) is 5.56 Å². The summed E-state index contributed by atoms with van der Waals surface area (Å²) in [5, 5.41) is 0. The van der Waals surface area contributed by atoms with Crippen molar-refractivity contribution in [3.05, 3.63) is 46.6 Å². The van der Waals surface area contributed by atoms with E-state index in [4.69, 9.17) is 0 Å². The van der Waals surface area contributed by atoms with Crippen molar-refractivity contribution < 1.29 is 8.42 Å². The molecule has 3 rings (SSSR count). The summed E-state index contributed by atoms with van der Waals surface area (Å²) in [6.07, 6.45) is 5.44. The molecule has 0 aliphatic rings. The SMILES string of the molecule is CCCCn1cnc2c(NS(=O)(=O)CC)cc(-c3c[nH]c(=O)c(C)c3)cc21. The predicted molar refractivity (Wildman–Crippen MR) is 109 cm³/mol. The van der Waals surface area contributed by atoms with E-state index in [-0.39, 0.29) is 11.3 Å². The summed E-state index contributed by atoms with van der Waals surface area (Å²) in [6, 6.07) is 5.54. The van der Waals surface area contributed by atoms with Gasteiger partial charge in [-0.05, 0) is 49.6 Å². The van der Waals surface area contributed by atoms with Crippen LogP contribution in [0.25, 0.3) is 22.2 Å². The van der Waals surface area contributed by atoms with Crippen LogP contribution in [0.4, 0.5) is 5.69 Å². The van der Waals surface area contributed by atoms with Crippen LogP contribution in [0.1, 0.15) is 32.3 Å². The van der Waals surface area contributed by atoms with E-state index in [0.717, 1.165) is 36.0 Å². The molecule has 1 aromatic carbocycles. The van der Waals surface area contributed by atoms with Crippen LogP contribution in [0.2, 0.25) is 0 Å². The molecule has 0 spiro atoms. The lowest BCUT2D eigenvalue weighted by atomic mass is 10.0. The number of imidazole rings is 1. The first-order chi connectivity index (χ1) is 12.8. The molecule has 144 valence electrons.